The topological polar surface area (TPSA) is 73.8 Å². The van der Waals surface area contributed by atoms with Gasteiger partial charge in [0.15, 0.2) is 0 Å². The number of benzene rings is 2. The molecule has 196 valence electrons. The van der Waals surface area contributed by atoms with E-state index < -0.39 is 0 Å². The summed E-state index contributed by atoms with van der Waals surface area (Å²) in [4.78, 5) is 27.6. The zero-order valence-corrected chi connectivity index (χ0v) is 22.4. The second kappa shape index (κ2) is 10.8. The number of aromatic nitrogens is 3. The summed E-state index contributed by atoms with van der Waals surface area (Å²) in [6.07, 6.45) is 7.64. The minimum Gasteiger partial charge on any atom is -0.504 e. The van der Waals surface area contributed by atoms with Gasteiger partial charge < -0.3 is 14.4 Å². The van der Waals surface area contributed by atoms with Crippen molar-refractivity contribution in [2.75, 3.05) is 26.7 Å². The number of fused-ring (bicyclic) bond motifs is 2. The van der Waals surface area contributed by atoms with Gasteiger partial charge in [-0.1, -0.05) is 0 Å². The molecule has 0 bridgehead atoms. The predicted octanol–water partition coefficient (Wildman–Crippen LogP) is 6.59. The first-order chi connectivity index (χ1) is 19.1. The number of nitrogens with zero attached hydrogens (tertiary/aromatic N) is 5. The SMILES string of the molecule is [C-]#[N+]c1cc2c(Oc3ccc4c(ccn4C(=O)Cc4nccs4)c3)ccnc2cc1OCC1CCN(C)CC1. The van der Waals surface area contributed by atoms with Crippen molar-refractivity contribution in [3.63, 3.8) is 0 Å². The minimum absolute atomic E-state index is 0.0331. The van der Waals surface area contributed by atoms with Crippen LogP contribution in [-0.2, 0) is 6.42 Å². The van der Waals surface area contributed by atoms with Gasteiger partial charge in [0, 0.05) is 34.7 Å². The third-order valence-corrected chi connectivity index (χ3v) is 7.94. The number of piperidine rings is 1. The van der Waals surface area contributed by atoms with Crippen molar-refractivity contribution in [2.24, 2.45) is 5.92 Å². The van der Waals surface area contributed by atoms with Crippen LogP contribution >= 0.6 is 11.3 Å². The summed E-state index contributed by atoms with van der Waals surface area (Å²) in [5.41, 5.74) is 1.96. The molecule has 0 spiro atoms. The van der Waals surface area contributed by atoms with E-state index in [0.717, 1.165) is 47.2 Å². The third kappa shape index (κ3) is 5.35. The Morgan fingerprint density at radius 1 is 1.10 bits per heavy atom. The zero-order valence-electron chi connectivity index (χ0n) is 21.5. The van der Waals surface area contributed by atoms with E-state index in [1.807, 2.05) is 35.7 Å². The van der Waals surface area contributed by atoms with Crippen molar-refractivity contribution in [3.8, 4) is 17.2 Å². The Morgan fingerprint density at radius 2 is 1.97 bits per heavy atom. The highest BCUT2D eigenvalue weighted by molar-refractivity contribution is 7.09. The maximum atomic E-state index is 12.8. The van der Waals surface area contributed by atoms with Crippen molar-refractivity contribution >= 4 is 44.7 Å². The lowest BCUT2D eigenvalue weighted by Gasteiger charge is -2.28. The Labute approximate surface area is 230 Å². The van der Waals surface area contributed by atoms with E-state index in [1.165, 1.54) is 11.3 Å². The molecule has 0 atom stereocenters. The van der Waals surface area contributed by atoms with Gasteiger partial charge in [-0.05, 0) is 81.4 Å². The summed E-state index contributed by atoms with van der Waals surface area (Å²) in [7, 11) is 2.14. The van der Waals surface area contributed by atoms with E-state index >= 15 is 0 Å². The van der Waals surface area contributed by atoms with Crippen molar-refractivity contribution in [3.05, 3.63) is 82.9 Å². The molecule has 6 rings (SSSR count). The van der Waals surface area contributed by atoms with Crippen molar-refractivity contribution < 1.29 is 14.3 Å². The molecule has 8 nitrogen and oxygen atoms in total. The normalized spacial score (nSPS) is 14.5. The first-order valence-corrected chi connectivity index (χ1v) is 13.8. The van der Waals surface area contributed by atoms with Crippen LogP contribution in [0.15, 0.2) is 66.4 Å². The molecule has 1 aliphatic heterocycles. The molecular formula is C30H27N5O3S. The van der Waals surface area contributed by atoms with Gasteiger partial charge in [0.05, 0.1) is 30.6 Å². The summed E-state index contributed by atoms with van der Waals surface area (Å²) < 4.78 is 14.0. The van der Waals surface area contributed by atoms with Crippen molar-refractivity contribution in [1.29, 1.82) is 0 Å². The van der Waals surface area contributed by atoms with Gasteiger partial charge >= 0.3 is 0 Å². The molecule has 5 aromatic rings. The van der Waals surface area contributed by atoms with E-state index in [2.05, 4.69) is 26.8 Å². The molecule has 9 heteroatoms. The molecule has 0 unspecified atom stereocenters. The lowest BCUT2D eigenvalue weighted by Crippen LogP contribution is -2.32. The number of ether oxygens (including phenoxy) is 2. The second-order valence-corrected chi connectivity index (χ2v) is 10.8. The number of thiazole rings is 1. The van der Waals surface area contributed by atoms with Crippen LogP contribution in [-0.4, -0.2) is 52.1 Å². The summed E-state index contributed by atoms with van der Waals surface area (Å²) >= 11 is 1.47. The second-order valence-electron chi connectivity index (χ2n) is 9.82. The van der Waals surface area contributed by atoms with E-state index in [0.29, 0.717) is 41.0 Å². The van der Waals surface area contributed by atoms with Crippen LogP contribution in [0.1, 0.15) is 22.6 Å². The molecule has 0 N–H and O–H groups in total. The van der Waals surface area contributed by atoms with Gasteiger partial charge in [0.25, 0.3) is 0 Å². The summed E-state index contributed by atoms with van der Waals surface area (Å²) in [5, 5.41) is 4.30. The van der Waals surface area contributed by atoms with Crippen molar-refractivity contribution in [2.45, 2.75) is 19.3 Å². The molecule has 1 saturated heterocycles. The molecular weight excluding hydrogens is 510 g/mol. The van der Waals surface area contributed by atoms with Crippen LogP contribution in [0.3, 0.4) is 0 Å². The zero-order chi connectivity index (χ0) is 26.8. The van der Waals surface area contributed by atoms with E-state index in [1.54, 1.807) is 35.3 Å². The van der Waals surface area contributed by atoms with Gasteiger partial charge in [0.2, 0.25) is 11.6 Å². The number of hydrogen-bond donors (Lipinski definition) is 0. The van der Waals surface area contributed by atoms with Gasteiger partial charge in [-0.25, -0.2) is 9.83 Å². The fourth-order valence-electron chi connectivity index (χ4n) is 4.95. The summed E-state index contributed by atoms with van der Waals surface area (Å²) in [5.74, 6) is 2.25. The number of likely N-dealkylation sites (tertiary alicyclic amines) is 1. The number of pyridine rings is 1. The van der Waals surface area contributed by atoms with Crippen LogP contribution in [0.25, 0.3) is 26.7 Å². The van der Waals surface area contributed by atoms with Gasteiger partial charge in [0.1, 0.15) is 22.3 Å². The smallest absolute Gasteiger partial charge is 0.237 e. The number of carbonyl (C=O) groups is 1. The standard InChI is InChI=1S/C30H27N5O3S/c1-31-25-16-23-24(17-28(25)37-19-20-6-11-34(2)12-7-20)32-9-5-27(23)38-22-3-4-26-21(15-22)8-13-35(26)30(36)18-29-33-10-14-39-29/h3-5,8-10,13-17,20H,6-7,11-12,18-19H2,2H3. The Balaban J connectivity index is 1.22. The molecule has 0 saturated carbocycles. The van der Waals surface area contributed by atoms with E-state index in [4.69, 9.17) is 16.0 Å². The van der Waals surface area contributed by atoms with Crippen LogP contribution < -0.4 is 9.47 Å². The highest BCUT2D eigenvalue weighted by Gasteiger charge is 2.19. The maximum absolute atomic E-state index is 12.8. The van der Waals surface area contributed by atoms with Crippen molar-refractivity contribution in [1.82, 2.24) is 19.4 Å². The molecule has 39 heavy (non-hydrogen) atoms. The molecule has 0 aliphatic carbocycles. The largest absolute Gasteiger partial charge is 0.504 e. The molecule has 1 aliphatic rings. The highest BCUT2D eigenvalue weighted by Crippen LogP contribution is 2.38. The Bertz CT molecular complexity index is 1680. The monoisotopic (exact) mass is 537 g/mol. The quantitative estimate of drug-likeness (QED) is 0.218. The third-order valence-electron chi connectivity index (χ3n) is 7.16. The lowest BCUT2D eigenvalue weighted by atomic mass is 9.98. The van der Waals surface area contributed by atoms with Gasteiger partial charge in [-0.15, -0.1) is 11.3 Å². The molecule has 0 radical (unpaired) electrons. The van der Waals surface area contributed by atoms with Crippen LogP contribution in [0.5, 0.6) is 17.2 Å². The molecule has 0 amide bonds. The molecule has 1 fully saturated rings. The first-order valence-electron chi connectivity index (χ1n) is 12.9. The minimum atomic E-state index is -0.0331. The van der Waals surface area contributed by atoms with E-state index in [9.17, 15) is 4.79 Å². The fourth-order valence-corrected chi connectivity index (χ4v) is 5.56. The molecule has 2 aromatic carbocycles. The molecule has 3 aromatic heterocycles. The van der Waals surface area contributed by atoms with Crippen LogP contribution in [0.4, 0.5) is 5.69 Å². The van der Waals surface area contributed by atoms with Crippen LogP contribution in [0.2, 0.25) is 0 Å². The fraction of sp³-hybridized carbons (Fsp3) is 0.267. The van der Waals surface area contributed by atoms with Gasteiger partial charge in [-0.2, -0.15) is 0 Å². The lowest BCUT2D eigenvalue weighted by molar-refractivity contribution is 0.0919. The Morgan fingerprint density at radius 3 is 2.77 bits per heavy atom. The van der Waals surface area contributed by atoms with E-state index in [-0.39, 0.29) is 12.3 Å². The number of carbonyl (C=O) groups excluding carboxylic acids is 1. The Kier molecular flexibility index (Phi) is 6.97. The van der Waals surface area contributed by atoms with Gasteiger partial charge in [-0.3, -0.25) is 14.3 Å². The average Bonchev–Trinajstić information content (AvgIpc) is 3.62. The summed E-state index contributed by atoms with van der Waals surface area (Å²) in [6.45, 7) is 10.5. The van der Waals surface area contributed by atoms with Crippen LogP contribution in [0, 0.1) is 12.5 Å². The highest BCUT2D eigenvalue weighted by atomic mass is 32.1. The average molecular weight is 538 g/mol. The predicted molar refractivity (Wildman–Crippen MR) is 152 cm³/mol. The summed E-state index contributed by atoms with van der Waals surface area (Å²) in [6, 6.07) is 13.0. The maximum Gasteiger partial charge on any atom is 0.237 e. The Hall–Kier alpha value is -4.26. The number of hydrogen-bond acceptors (Lipinski definition) is 7. The first kappa shape index (κ1) is 25.0. The molecule has 4 heterocycles. The number of rotatable bonds is 7.